The fourth-order valence-corrected chi connectivity index (χ4v) is 2.13. The van der Waals surface area contributed by atoms with Crippen molar-refractivity contribution >= 4 is 38.9 Å². The van der Waals surface area contributed by atoms with E-state index in [0.29, 0.717) is 5.69 Å². The molecule has 1 aromatic carbocycles. The fourth-order valence-electron chi connectivity index (χ4n) is 1.27. The number of benzene rings is 1. The lowest BCUT2D eigenvalue weighted by atomic mass is 9.92. The Balaban J connectivity index is 2.91. The van der Waals surface area contributed by atoms with Crippen LogP contribution in [0.3, 0.4) is 0 Å². The highest BCUT2D eigenvalue weighted by Gasteiger charge is 2.25. The molecule has 0 saturated heterocycles. The average Bonchev–Trinajstić information content (AvgIpc) is 2.31. The second kappa shape index (κ2) is 5.99. The van der Waals surface area contributed by atoms with Crippen LogP contribution in [0.25, 0.3) is 0 Å². The van der Waals surface area contributed by atoms with Crippen molar-refractivity contribution in [3.63, 3.8) is 0 Å². The number of nitrogens with one attached hydrogen (secondary N) is 2. The topological polar surface area (TPSA) is 101 Å². The fraction of sp³-hybridized carbons (Fsp3) is 0.417. The maximum absolute atomic E-state index is 11.9. The molecule has 1 rings (SSSR count). The van der Waals surface area contributed by atoms with Gasteiger partial charge < -0.3 is 11.1 Å². The zero-order chi connectivity index (χ0) is 15.6. The lowest BCUT2D eigenvalue weighted by Crippen LogP contribution is -2.37. The molecule has 1 amide bonds. The van der Waals surface area contributed by atoms with Crippen LogP contribution in [-0.4, -0.2) is 27.1 Å². The second-order valence-corrected chi connectivity index (χ2v) is 7.27. The zero-order valence-corrected chi connectivity index (χ0v) is 13.1. The number of hydrogen-bond donors (Lipinski definition) is 3. The minimum absolute atomic E-state index is 0.193. The van der Waals surface area contributed by atoms with Gasteiger partial charge in [-0.2, -0.15) is 0 Å². The van der Waals surface area contributed by atoms with E-state index >= 15 is 0 Å². The SMILES string of the molecule is CC(C)(CN)C(=O)Nc1ccc(NS(C)(=O)=O)c(Cl)c1. The number of carbonyl (C=O) groups excluding carboxylic acids is 1. The summed E-state index contributed by atoms with van der Waals surface area (Å²) in [5, 5.41) is 2.88. The molecule has 0 radical (unpaired) electrons. The van der Waals surface area contributed by atoms with Crippen LogP contribution < -0.4 is 15.8 Å². The molecule has 0 aliphatic heterocycles. The van der Waals surface area contributed by atoms with E-state index in [1.54, 1.807) is 19.9 Å². The summed E-state index contributed by atoms with van der Waals surface area (Å²) < 4.78 is 24.5. The van der Waals surface area contributed by atoms with Gasteiger partial charge in [-0.15, -0.1) is 0 Å². The lowest BCUT2D eigenvalue weighted by Gasteiger charge is -2.21. The summed E-state index contributed by atoms with van der Waals surface area (Å²) >= 11 is 5.96. The summed E-state index contributed by atoms with van der Waals surface area (Å²) in [6, 6.07) is 4.51. The quantitative estimate of drug-likeness (QED) is 0.767. The normalized spacial score (nSPS) is 12.1. The van der Waals surface area contributed by atoms with Crippen LogP contribution in [0, 0.1) is 5.41 Å². The molecular formula is C12H18ClN3O3S. The molecule has 0 saturated carbocycles. The summed E-state index contributed by atoms with van der Waals surface area (Å²) in [7, 11) is -3.40. The van der Waals surface area contributed by atoms with Gasteiger partial charge in [-0.05, 0) is 32.0 Å². The van der Waals surface area contributed by atoms with Gasteiger partial charge in [0.05, 0.1) is 22.4 Å². The molecule has 0 unspecified atom stereocenters. The number of halogens is 1. The van der Waals surface area contributed by atoms with Crippen LogP contribution in [0.15, 0.2) is 18.2 Å². The summed E-state index contributed by atoms with van der Waals surface area (Å²) in [5.74, 6) is -0.236. The molecule has 0 heterocycles. The van der Waals surface area contributed by atoms with E-state index in [-0.39, 0.29) is 23.2 Å². The minimum atomic E-state index is -3.40. The number of anilines is 2. The molecule has 0 spiro atoms. The Morgan fingerprint density at radius 3 is 2.45 bits per heavy atom. The first kappa shape index (κ1) is 16.7. The van der Waals surface area contributed by atoms with E-state index in [0.717, 1.165) is 6.26 Å². The molecule has 8 heteroatoms. The molecule has 0 bridgehead atoms. The third kappa shape index (κ3) is 4.66. The molecule has 0 aromatic heterocycles. The van der Waals surface area contributed by atoms with Crippen molar-refractivity contribution in [2.75, 3.05) is 22.8 Å². The van der Waals surface area contributed by atoms with Crippen LogP contribution in [0.4, 0.5) is 11.4 Å². The third-order valence-corrected chi connectivity index (χ3v) is 3.55. The van der Waals surface area contributed by atoms with Gasteiger partial charge in [-0.1, -0.05) is 11.6 Å². The molecule has 0 aliphatic carbocycles. The van der Waals surface area contributed by atoms with Crippen molar-refractivity contribution in [3.05, 3.63) is 23.2 Å². The van der Waals surface area contributed by atoms with Gasteiger partial charge in [0, 0.05) is 12.2 Å². The number of hydrogen-bond acceptors (Lipinski definition) is 4. The molecule has 0 fully saturated rings. The molecule has 4 N–H and O–H groups in total. The van der Waals surface area contributed by atoms with Crippen molar-refractivity contribution in [2.24, 2.45) is 11.1 Å². The molecule has 1 aromatic rings. The average molecular weight is 320 g/mol. The maximum atomic E-state index is 11.9. The number of amides is 1. The number of sulfonamides is 1. The van der Waals surface area contributed by atoms with Gasteiger partial charge in [0.25, 0.3) is 0 Å². The van der Waals surface area contributed by atoms with Crippen molar-refractivity contribution in [1.29, 1.82) is 0 Å². The summed E-state index contributed by atoms with van der Waals surface area (Å²) in [6.45, 7) is 3.66. The standard InChI is InChI=1S/C12H18ClN3O3S/c1-12(2,7-14)11(17)15-8-4-5-10(9(13)6-8)16-20(3,18)19/h4-6,16H,7,14H2,1-3H3,(H,15,17). The van der Waals surface area contributed by atoms with E-state index in [9.17, 15) is 13.2 Å². The summed E-state index contributed by atoms with van der Waals surface area (Å²) in [4.78, 5) is 11.9. The Kier molecular flexibility index (Phi) is 5.01. The maximum Gasteiger partial charge on any atom is 0.231 e. The van der Waals surface area contributed by atoms with E-state index in [4.69, 9.17) is 17.3 Å². The molecular weight excluding hydrogens is 302 g/mol. The first-order valence-electron chi connectivity index (χ1n) is 5.84. The number of rotatable bonds is 5. The molecule has 0 aliphatic rings. The van der Waals surface area contributed by atoms with E-state index in [1.807, 2.05) is 0 Å². The van der Waals surface area contributed by atoms with Gasteiger partial charge in [-0.3, -0.25) is 9.52 Å². The Morgan fingerprint density at radius 2 is 2.00 bits per heavy atom. The van der Waals surface area contributed by atoms with Crippen LogP contribution >= 0.6 is 11.6 Å². The second-order valence-electron chi connectivity index (χ2n) is 5.11. The molecule has 6 nitrogen and oxygen atoms in total. The molecule has 20 heavy (non-hydrogen) atoms. The minimum Gasteiger partial charge on any atom is -0.329 e. The highest BCUT2D eigenvalue weighted by atomic mass is 35.5. The Morgan fingerprint density at radius 1 is 1.40 bits per heavy atom. The van der Waals surface area contributed by atoms with Crippen molar-refractivity contribution in [3.8, 4) is 0 Å². The monoisotopic (exact) mass is 319 g/mol. The lowest BCUT2D eigenvalue weighted by molar-refractivity contribution is -0.123. The highest BCUT2D eigenvalue weighted by Crippen LogP contribution is 2.27. The van der Waals surface area contributed by atoms with Gasteiger partial charge in [0.2, 0.25) is 15.9 Å². The van der Waals surface area contributed by atoms with Gasteiger partial charge in [0.1, 0.15) is 0 Å². The van der Waals surface area contributed by atoms with E-state index in [1.165, 1.54) is 12.1 Å². The van der Waals surface area contributed by atoms with Gasteiger partial charge in [-0.25, -0.2) is 8.42 Å². The van der Waals surface area contributed by atoms with Gasteiger partial charge in [0.15, 0.2) is 0 Å². The van der Waals surface area contributed by atoms with Crippen molar-refractivity contribution < 1.29 is 13.2 Å². The van der Waals surface area contributed by atoms with Crippen LogP contribution in [0.2, 0.25) is 5.02 Å². The van der Waals surface area contributed by atoms with Gasteiger partial charge >= 0.3 is 0 Å². The number of carbonyl (C=O) groups is 1. The smallest absolute Gasteiger partial charge is 0.231 e. The third-order valence-electron chi connectivity index (χ3n) is 2.65. The largest absolute Gasteiger partial charge is 0.329 e. The first-order valence-corrected chi connectivity index (χ1v) is 8.11. The molecule has 0 atom stereocenters. The predicted octanol–water partition coefficient (Wildman–Crippen LogP) is 1.63. The van der Waals surface area contributed by atoms with Crippen LogP contribution in [0.1, 0.15) is 13.8 Å². The van der Waals surface area contributed by atoms with E-state index < -0.39 is 15.4 Å². The van der Waals surface area contributed by atoms with Crippen molar-refractivity contribution in [1.82, 2.24) is 0 Å². The van der Waals surface area contributed by atoms with Crippen LogP contribution in [-0.2, 0) is 14.8 Å². The highest BCUT2D eigenvalue weighted by molar-refractivity contribution is 7.92. The Labute approximate surface area is 123 Å². The zero-order valence-electron chi connectivity index (χ0n) is 11.5. The first-order chi connectivity index (χ1) is 9.05. The Hall–Kier alpha value is -1.31. The summed E-state index contributed by atoms with van der Waals surface area (Å²) in [5.41, 5.74) is 5.55. The predicted molar refractivity (Wildman–Crippen MR) is 81.4 cm³/mol. The Bertz CT molecular complexity index is 614. The van der Waals surface area contributed by atoms with E-state index in [2.05, 4.69) is 10.0 Å². The summed E-state index contributed by atoms with van der Waals surface area (Å²) in [6.07, 6.45) is 1.03. The number of nitrogens with two attached hydrogens (primary N) is 1. The van der Waals surface area contributed by atoms with Crippen LogP contribution in [0.5, 0.6) is 0 Å². The van der Waals surface area contributed by atoms with Crippen molar-refractivity contribution in [2.45, 2.75) is 13.8 Å². The molecule has 112 valence electrons.